The van der Waals surface area contributed by atoms with Crippen molar-refractivity contribution in [1.29, 1.82) is 0 Å². The molecule has 4 nitrogen and oxygen atoms in total. The SMILES string of the molecule is C#CC1CC(=O)N(c2c(C)cnn2CCC)C1. The maximum atomic E-state index is 11.9. The van der Waals surface area contributed by atoms with E-state index in [1.165, 1.54) is 0 Å². The van der Waals surface area contributed by atoms with Crippen molar-refractivity contribution in [3.63, 3.8) is 0 Å². The zero-order valence-corrected chi connectivity index (χ0v) is 10.3. The van der Waals surface area contributed by atoms with Gasteiger partial charge in [0.25, 0.3) is 0 Å². The van der Waals surface area contributed by atoms with Gasteiger partial charge in [-0.2, -0.15) is 5.10 Å². The van der Waals surface area contributed by atoms with Crippen LogP contribution in [0.3, 0.4) is 0 Å². The van der Waals surface area contributed by atoms with E-state index in [2.05, 4.69) is 17.9 Å². The molecule has 0 aromatic carbocycles. The van der Waals surface area contributed by atoms with Gasteiger partial charge in [0.1, 0.15) is 5.82 Å². The van der Waals surface area contributed by atoms with Gasteiger partial charge in [0.2, 0.25) is 5.91 Å². The number of carbonyl (C=O) groups excluding carboxylic acids is 1. The summed E-state index contributed by atoms with van der Waals surface area (Å²) in [7, 11) is 0. The second kappa shape index (κ2) is 4.62. The number of aromatic nitrogens is 2. The molecule has 4 heteroatoms. The van der Waals surface area contributed by atoms with Crippen LogP contribution in [0.15, 0.2) is 6.20 Å². The van der Waals surface area contributed by atoms with Crippen LogP contribution >= 0.6 is 0 Å². The average Bonchev–Trinajstić information content (AvgIpc) is 2.83. The maximum absolute atomic E-state index is 11.9. The number of anilines is 1. The standard InChI is InChI=1S/C13H17N3O/c1-4-6-16-13(10(3)8-14-16)15-9-11(5-2)7-12(15)17/h2,8,11H,4,6-7,9H2,1,3H3. The lowest BCUT2D eigenvalue weighted by molar-refractivity contribution is -0.117. The molecule has 1 saturated heterocycles. The van der Waals surface area contributed by atoms with Gasteiger partial charge in [0.15, 0.2) is 0 Å². The highest BCUT2D eigenvalue weighted by molar-refractivity contribution is 5.95. The van der Waals surface area contributed by atoms with Crippen molar-refractivity contribution in [1.82, 2.24) is 9.78 Å². The van der Waals surface area contributed by atoms with Crippen molar-refractivity contribution in [2.75, 3.05) is 11.4 Å². The fourth-order valence-corrected chi connectivity index (χ4v) is 2.22. The van der Waals surface area contributed by atoms with Gasteiger partial charge in [0, 0.05) is 31.0 Å². The first kappa shape index (κ1) is 11.7. The number of amides is 1. The number of hydrogen-bond donors (Lipinski definition) is 0. The molecule has 1 atom stereocenters. The molecule has 1 amide bonds. The summed E-state index contributed by atoms with van der Waals surface area (Å²) < 4.78 is 1.89. The van der Waals surface area contributed by atoms with E-state index in [4.69, 9.17) is 6.42 Å². The van der Waals surface area contributed by atoms with Gasteiger partial charge in [-0.25, -0.2) is 4.68 Å². The van der Waals surface area contributed by atoms with Crippen LogP contribution in [0.2, 0.25) is 0 Å². The van der Waals surface area contributed by atoms with Crippen LogP contribution in [0, 0.1) is 25.2 Å². The molecule has 0 saturated carbocycles. The first-order valence-electron chi connectivity index (χ1n) is 5.96. The number of carbonyl (C=O) groups is 1. The molecule has 0 bridgehead atoms. The van der Waals surface area contributed by atoms with E-state index in [9.17, 15) is 4.79 Å². The highest BCUT2D eigenvalue weighted by atomic mass is 16.2. The zero-order valence-electron chi connectivity index (χ0n) is 10.3. The minimum atomic E-state index is 0.0341. The first-order chi connectivity index (χ1) is 8.17. The molecule has 0 spiro atoms. The summed E-state index contributed by atoms with van der Waals surface area (Å²) in [5.74, 6) is 3.72. The van der Waals surface area contributed by atoms with Gasteiger partial charge in [-0.05, 0) is 13.3 Å². The number of terminal acetylenes is 1. The zero-order chi connectivity index (χ0) is 12.4. The van der Waals surface area contributed by atoms with E-state index in [1.807, 2.05) is 17.8 Å². The third kappa shape index (κ3) is 2.05. The predicted molar refractivity (Wildman–Crippen MR) is 66.5 cm³/mol. The van der Waals surface area contributed by atoms with Crippen LogP contribution < -0.4 is 4.90 Å². The summed E-state index contributed by atoms with van der Waals surface area (Å²) in [6, 6.07) is 0. The van der Waals surface area contributed by atoms with Crippen LogP contribution in [0.1, 0.15) is 25.3 Å². The molecule has 0 radical (unpaired) electrons. The molecule has 1 aliphatic rings. The smallest absolute Gasteiger partial charge is 0.229 e. The van der Waals surface area contributed by atoms with Crippen LogP contribution in [0.25, 0.3) is 0 Å². The lowest BCUT2D eigenvalue weighted by Gasteiger charge is -2.18. The van der Waals surface area contributed by atoms with Gasteiger partial charge >= 0.3 is 0 Å². The maximum Gasteiger partial charge on any atom is 0.229 e. The fraction of sp³-hybridized carbons (Fsp3) is 0.538. The Balaban J connectivity index is 2.31. The van der Waals surface area contributed by atoms with E-state index >= 15 is 0 Å². The third-order valence-corrected chi connectivity index (χ3v) is 3.04. The first-order valence-corrected chi connectivity index (χ1v) is 5.96. The summed E-state index contributed by atoms with van der Waals surface area (Å²) in [4.78, 5) is 13.7. The van der Waals surface area contributed by atoms with Gasteiger partial charge in [-0.1, -0.05) is 6.92 Å². The van der Waals surface area contributed by atoms with E-state index < -0.39 is 0 Å². The van der Waals surface area contributed by atoms with Gasteiger partial charge < -0.3 is 0 Å². The lowest BCUT2D eigenvalue weighted by atomic mass is 10.1. The predicted octanol–water partition coefficient (Wildman–Crippen LogP) is 1.59. The molecule has 1 aliphatic heterocycles. The Morgan fingerprint density at radius 3 is 3.00 bits per heavy atom. The molecule has 1 aromatic heterocycles. The summed E-state index contributed by atoms with van der Waals surface area (Å²) in [5.41, 5.74) is 1.03. The number of rotatable bonds is 3. The van der Waals surface area contributed by atoms with Gasteiger partial charge in [0.05, 0.1) is 6.20 Å². The Bertz CT molecular complexity index is 469. The molecule has 1 fully saturated rings. The van der Waals surface area contributed by atoms with Gasteiger partial charge in [-0.15, -0.1) is 12.3 Å². The molecule has 90 valence electrons. The van der Waals surface area contributed by atoms with Crippen LogP contribution in [-0.4, -0.2) is 22.2 Å². The largest absolute Gasteiger partial charge is 0.296 e. The van der Waals surface area contributed by atoms with Crippen molar-refractivity contribution in [3.05, 3.63) is 11.8 Å². The molecule has 1 aromatic rings. The summed E-state index contributed by atoms with van der Waals surface area (Å²) >= 11 is 0. The minimum Gasteiger partial charge on any atom is -0.296 e. The third-order valence-electron chi connectivity index (χ3n) is 3.04. The molecule has 1 unspecified atom stereocenters. The molecule has 17 heavy (non-hydrogen) atoms. The van der Waals surface area contributed by atoms with Crippen LogP contribution in [0.5, 0.6) is 0 Å². The van der Waals surface area contributed by atoms with E-state index in [0.29, 0.717) is 13.0 Å². The number of hydrogen-bond acceptors (Lipinski definition) is 2. The van der Waals surface area contributed by atoms with Crippen molar-refractivity contribution in [3.8, 4) is 12.3 Å². The molecular formula is C13H17N3O. The Morgan fingerprint density at radius 1 is 1.65 bits per heavy atom. The summed E-state index contributed by atoms with van der Waals surface area (Å²) in [6.45, 7) is 5.51. The molecular weight excluding hydrogens is 214 g/mol. The van der Waals surface area contributed by atoms with Crippen molar-refractivity contribution >= 4 is 11.7 Å². The Labute approximate surface area is 102 Å². The van der Waals surface area contributed by atoms with E-state index in [0.717, 1.165) is 24.3 Å². The molecule has 0 aliphatic carbocycles. The lowest BCUT2D eigenvalue weighted by Crippen LogP contribution is -2.28. The van der Waals surface area contributed by atoms with Crippen LogP contribution in [0.4, 0.5) is 5.82 Å². The van der Waals surface area contributed by atoms with Crippen molar-refractivity contribution < 1.29 is 4.79 Å². The second-order valence-corrected chi connectivity index (χ2v) is 4.45. The highest BCUT2D eigenvalue weighted by Crippen LogP contribution is 2.27. The molecule has 0 N–H and O–H groups in total. The second-order valence-electron chi connectivity index (χ2n) is 4.45. The fourth-order valence-electron chi connectivity index (χ4n) is 2.22. The highest BCUT2D eigenvalue weighted by Gasteiger charge is 2.32. The van der Waals surface area contributed by atoms with Gasteiger partial charge in [-0.3, -0.25) is 9.69 Å². The topological polar surface area (TPSA) is 38.1 Å². The number of nitrogens with zero attached hydrogens (tertiary/aromatic N) is 3. The van der Waals surface area contributed by atoms with Crippen molar-refractivity contribution in [2.24, 2.45) is 5.92 Å². The monoisotopic (exact) mass is 231 g/mol. The Hall–Kier alpha value is -1.76. The quantitative estimate of drug-likeness (QED) is 0.741. The number of aryl methyl sites for hydroxylation is 2. The Kier molecular flexibility index (Phi) is 3.19. The Morgan fingerprint density at radius 2 is 2.41 bits per heavy atom. The summed E-state index contributed by atoms with van der Waals surface area (Å²) in [5, 5.41) is 4.31. The van der Waals surface area contributed by atoms with Crippen molar-refractivity contribution in [2.45, 2.75) is 33.2 Å². The van der Waals surface area contributed by atoms with E-state index in [1.54, 1.807) is 4.90 Å². The molecule has 2 heterocycles. The average molecular weight is 231 g/mol. The van der Waals surface area contributed by atoms with E-state index in [-0.39, 0.29) is 11.8 Å². The van der Waals surface area contributed by atoms with Crippen LogP contribution in [-0.2, 0) is 11.3 Å². The minimum absolute atomic E-state index is 0.0341. The summed E-state index contributed by atoms with van der Waals surface area (Å²) in [6.07, 6.45) is 8.65. The normalized spacial score (nSPS) is 19.7. The molecule has 2 rings (SSSR count).